The van der Waals surface area contributed by atoms with E-state index >= 15 is 0 Å². The third-order valence-corrected chi connectivity index (χ3v) is 4.49. The third-order valence-electron chi connectivity index (χ3n) is 4.49. The summed E-state index contributed by atoms with van der Waals surface area (Å²) in [5.41, 5.74) is 2.59. The van der Waals surface area contributed by atoms with Crippen LogP contribution in [0.5, 0.6) is 0 Å². The molecule has 0 radical (unpaired) electrons. The zero-order chi connectivity index (χ0) is 14.0. The van der Waals surface area contributed by atoms with Crippen LogP contribution in [0.3, 0.4) is 0 Å². The Hall–Kier alpha value is -0.870. The minimum absolute atomic E-state index is 0.393. The summed E-state index contributed by atoms with van der Waals surface area (Å²) < 4.78 is 1.95. The van der Waals surface area contributed by atoms with Crippen molar-refractivity contribution in [3.63, 3.8) is 0 Å². The Bertz CT molecular complexity index is 402. The minimum Gasteiger partial charge on any atom is -0.307 e. The van der Waals surface area contributed by atoms with Crippen LogP contribution in [0.15, 0.2) is 6.20 Å². The zero-order valence-corrected chi connectivity index (χ0v) is 13.0. The summed E-state index contributed by atoms with van der Waals surface area (Å²) in [4.78, 5) is 2.57. The summed E-state index contributed by atoms with van der Waals surface area (Å²) in [5, 5.41) is 8.10. The predicted molar refractivity (Wildman–Crippen MR) is 79.2 cm³/mol. The van der Waals surface area contributed by atoms with Crippen LogP contribution in [0, 0.1) is 6.92 Å². The maximum absolute atomic E-state index is 4.33. The van der Waals surface area contributed by atoms with Crippen molar-refractivity contribution in [1.82, 2.24) is 20.0 Å². The molecule has 0 aromatic carbocycles. The number of nitrogens with zero attached hydrogens (tertiary/aromatic N) is 3. The van der Waals surface area contributed by atoms with Gasteiger partial charge in [-0.05, 0) is 53.6 Å². The molecular weight excluding hydrogens is 236 g/mol. The molecule has 1 atom stereocenters. The molecule has 1 aromatic rings. The van der Waals surface area contributed by atoms with E-state index in [0.29, 0.717) is 18.1 Å². The van der Waals surface area contributed by atoms with Gasteiger partial charge in [0.25, 0.3) is 0 Å². The van der Waals surface area contributed by atoms with Crippen molar-refractivity contribution in [2.75, 3.05) is 13.1 Å². The van der Waals surface area contributed by atoms with E-state index in [9.17, 15) is 0 Å². The van der Waals surface area contributed by atoms with Crippen molar-refractivity contribution in [3.8, 4) is 0 Å². The summed E-state index contributed by atoms with van der Waals surface area (Å²) >= 11 is 0. The molecule has 1 fully saturated rings. The van der Waals surface area contributed by atoms with E-state index in [0.717, 1.165) is 0 Å². The fourth-order valence-electron chi connectivity index (χ4n) is 2.97. The molecule has 0 amide bonds. The molecule has 108 valence electrons. The second-order valence-electron chi connectivity index (χ2n) is 6.10. The van der Waals surface area contributed by atoms with Gasteiger partial charge in [-0.1, -0.05) is 0 Å². The average molecular weight is 264 g/mol. The van der Waals surface area contributed by atoms with Gasteiger partial charge in [0.2, 0.25) is 0 Å². The summed E-state index contributed by atoms with van der Waals surface area (Å²) in [6, 6.07) is 1.72. The average Bonchev–Trinajstić information content (AvgIpc) is 2.70. The van der Waals surface area contributed by atoms with Gasteiger partial charge in [0.15, 0.2) is 0 Å². The highest BCUT2D eigenvalue weighted by atomic mass is 15.3. The van der Waals surface area contributed by atoms with Crippen LogP contribution in [0.4, 0.5) is 0 Å². The fraction of sp³-hybridized carbons (Fsp3) is 0.800. The summed E-state index contributed by atoms with van der Waals surface area (Å²) in [6.45, 7) is 11.4. The maximum atomic E-state index is 4.33. The van der Waals surface area contributed by atoms with Gasteiger partial charge in [-0.25, -0.2) is 0 Å². The van der Waals surface area contributed by atoms with Crippen molar-refractivity contribution in [2.24, 2.45) is 7.05 Å². The summed E-state index contributed by atoms with van der Waals surface area (Å²) in [6.07, 6.45) is 4.50. The van der Waals surface area contributed by atoms with E-state index in [4.69, 9.17) is 0 Å². The van der Waals surface area contributed by atoms with E-state index in [1.165, 1.54) is 37.2 Å². The van der Waals surface area contributed by atoms with Crippen LogP contribution in [0.1, 0.15) is 50.9 Å². The van der Waals surface area contributed by atoms with Gasteiger partial charge >= 0.3 is 0 Å². The lowest BCUT2D eigenvalue weighted by Crippen LogP contribution is -2.45. The molecule has 0 aliphatic carbocycles. The first kappa shape index (κ1) is 14.5. The number of likely N-dealkylation sites (tertiary alicyclic amines) is 1. The molecule has 2 rings (SSSR count). The Kier molecular flexibility index (Phi) is 4.63. The van der Waals surface area contributed by atoms with E-state index in [-0.39, 0.29) is 0 Å². The highest BCUT2D eigenvalue weighted by Crippen LogP contribution is 2.20. The normalized spacial score (nSPS) is 20.1. The molecule has 0 spiro atoms. The fourth-order valence-corrected chi connectivity index (χ4v) is 2.97. The van der Waals surface area contributed by atoms with E-state index in [1.807, 2.05) is 17.9 Å². The van der Waals surface area contributed by atoms with Gasteiger partial charge in [0.1, 0.15) is 0 Å². The summed E-state index contributed by atoms with van der Waals surface area (Å²) in [5.74, 6) is 0. The number of nitrogens with one attached hydrogen (secondary N) is 1. The van der Waals surface area contributed by atoms with Crippen LogP contribution in [-0.4, -0.2) is 39.9 Å². The Morgan fingerprint density at radius 1 is 1.26 bits per heavy atom. The first-order chi connectivity index (χ1) is 8.99. The Labute approximate surface area is 117 Å². The van der Waals surface area contributed by atoms with Crippen molar-refractivity contribution >= 4 is 0 Å². The van der Waals surface area contributed by atoms with Crippen LogP contribution in [0.25, 0.3) is 0 Å². The van der Waals surface area contributed by atoms with Crippen LogP contribution >= 0.6 is 0 Å². The standard InChI is InChI=1S/C15H28N4/c1-11(2)19-8-6-14(7-9-19)17-12(3)15-10-16-18(5)13(15)4/h10-12,14,17H,6-9H2,1-5H3. The number of aromatic nitrogens is 2. The molecule has 19 heavy (non-hydrogen) atoms. The predicted octanol–water partition coefficient (Wildman–Crippen LogP) is 2.25. The number of rotatable bonds is 4. The van der Waals surface area contributed by atoms with E-state index in [2.05, 4.69) is 43.0 Å². The van der Waals surface area contributed by atoms with Crippen molar-refractivity contribution in [3.05, 3.63) is 17.5 Å². The lowest BCUT2D eigenvalue weighted by molar-refractivity contribution is 0.157. The van der Waals surface area contributed by atoms with Gasteiger partial charge in [-0.15, -0.1) is 0 Å². The van der Waals surface area contributed by atoms with Crippen molar-refractivity contribution in [1.29, 1.82) is 0 Å². The molecule has 1 N–H and O–H groups in total. The highest BCUT2D eigenvalue weighted by Gasteiger charge is 2.23. The smallest absolute Gasteiger partial charge is 0.0540 e. The van der Waals surface area contributed by atoms with Crippen molar-refractivity contribution in [2.45, 2.75) is 58.7 Å². The molecule has 1 aliphatic rings. The second-order valence-corrected chi connectivity index (χ2v) is 6.10. The lowest BCUT2D eigenvalue weighted by atomic mass is 10.0. The van der Waals surface area contributed by atoms with Crippen molar-refractivity contribution < 1.29 is 0 Å². The molecule has 4 nitrogen and oxygen atoms in total. The number of hydrogen-bond donors (Lipinski definition) is 1. The molecule has 0 saturated carbocycles. The van der Waals surface area contributed by atoms with Crippen LogP contribution in [-0.2, 0) is 7.05 Å². The van der Waals surface area contributed by atoms with Crippen LogP contribution in [0.2, 0.25) is 0 Å². The SMILES string of the molecule is Cc1c(C(C)NC2CCN(C(C)C)CC2)cnn1C. The zero-order valence-electron chi connectivity index (χ0n) is 13.0. The molecular formula is C15H28N4. The Balaban J connectivity index is 1.87. The summed E-state index contributed by atoms with van der Waals surface area (Å²) in [7, 11) is 2.01. The monoisotopic (exact) mass is 264 g/mol. The first-order valence-electron chi connectivity index (χ1n) is 7.47. The van der Waals surface area contributed by atoms with Gasteiger partial charge in [-0.2, -0.15) is 5.10 Å². The molecule has 4 heteroatoms. The highest BCUT2D eigenvalue weighted by molar-refractivity contribution is 5.19. The molecule has 1 unspecified atom stereocenters. The van der Waals surface area contributed by atoms with E-state index in [1.54, 1.807) is 0 Å². The van der Waals surface area contributed by atoms with Gasteiger partial charge < -0.3 is 10.2 Å². The Morgan fingerprint density at radius 3 is 2.37 bits per heavy atom. The van der Waals surface area contributed by atoms with Gasteiger partial charge in [-0.3, -0.25) is 4.68 Å². The largest absolute Gasteiger partial charge is 0.307 e. The molecule has 1 aliphatic heterocycles. The number of aryl methyl sites for hydroxylation is 1. The quantitative estimate of drug-likeness (QED) is 0.905. The van der Waals surface area contributed by atoms with Gasteiger partial charge in [0.05, 0.1) is 6.20 Å². The second kappa shape index (κ2) is 6.06. The Morgan fingerprint density at radius 2 is 1.89 bits per heavy atom. The number of piperidine rings is 1. The topological polar surface area (TPSA) is 33.1 Å². The number of hydrogen-bond acceptors (Lipinski definition) is 3. The molecule has 2 heterocycles. The minimum atomic E-state index is 0.393. The van der Waals surface area contributed by atoms with Gasteiger partial charge in [0, 0.05) is 36.4 Å². The lowest BCUT2D eigenvalue weighted by Gasteiger charge is -2.36. The first-order valence-corrected chi connectivity index (χ1v) is 7.47. The van der Waals surface area contributed by atoms with Crippen LogP contribution < -0.4 is 5.32 Å². The molecule has 1 saturated heterocycles. The molecule has 0 bridgehead atoms. The molecule has 1 aromatic heterocycles. The third kappa shape index (κ3) is 3.37. The maximum Gasteiger partial charge on any atom is 0.0540 e. The van der Waals surface area contributed by atoms with E-state index < -0.39 is 0 Å².